The number of hydrazone groups is 1. The van der Waals surface area contributed by atoms with Crippen LogP contribution in [0.15, 0.2) is 15.2 Å². The van der Waals surface area contributed by atoms with Crippen LogP contribution in [0.2, 0.25) is 0 Å². The molecule has 72 valence electrons. The SMILES string of the molecule is NC(=S)NN=CC(Cl)=C(Cl)C(=O)O. The summed E-state index contributed by atoms with van der Waals surface area (Å²) < 4.78 is 0. The molecule has 8 heteroatoms. The van der Waals surface area contributed by atoms with E-state index in [0.29, 0.717) is 0 Å². The number of carboxylic acids is 1. The van der Waals surface area contributed by atoms with Crippen LogP contribution in [0.3, 0.4) is 0 Å². The molecule has 0 aromatic rings. The van der Waals surface area contributed by atoms with E-state index in [1.165, 1.54) is 0 Å². The van der Waals surface area contributed by atoms with Gasteiger partial charge in [-0.05, 0) is 12.2 Å². The second kappa shape index (κ2) is 5.74. The van der Waals surface area contributed by atoms with Gasteiger partial charge in [-0.3, -0.25) is 5.43 Å². The fourth-order valence-corrected chi connectivity index (χ4v) is 0.543. The number of rotatable bonds is 3. The van der Waals surface area contributed by atoms with Gasteiger partial charge in [0, 0.05) is 0 Å². The van der Waals surface area contributed by atoms with Gasteiger partial charge in [-0.2, -0.15) is 5.10 Å². The zero-order valence-electron chi connectivity index (χ0n) is 6.12. The van der Waals surface area contributed by atoms with E-state index < -0.39 is 11.0 Å². The van der Waals surface area contributed by atoms with E-state index >= 15 is 0 Å². The largest absolute Gasteiger partial charge is 0.477 e. The molecule has 0 aromatic carbocycles. The maximum absolute atomic E-state index is 10.2. The van der Waals surface area contributed by atoms with Crippen molar-refractivity contribution in [2.75, 3.05) is 0 Å². The molecule has 0 bridgehead atoms. The van der Waals surface area contributed by atoms with Crippen LogP contribution in [-0.4, -0.2) is 22.4 Å². The Hall–Kier alpha value is -0.850. The lowest BCUT2D eigenvalue weighted by atomic mass is 10.5. The molecule has 0 heterocycles. The van der Waals surface area contributed by atoms with Gasteiger partial charge >= 0.3 is 5.97 Å². The Bertz CT molecular complexity index is 290. The highest BCUT2D eigenvalue weighted by Gasteiger charge is 2.07. The van der Waals surface area contributed by atoms with Crippen molar-refractivity contribution in [3.63, 3.8) is 0 Å². The minimum atomic E-state index is -1.34. The molecule has 0 rings (SSSR count). The highest BCUT2D eigenvalue weighted by atomic mass is 35.5. The predicted octanol–water partition coefficient (Wildman–Crippen LogP) is 0.579. The van der Waals surface area contributed by atoms with Crippen molar-refractivity contribution in [2.24, 2.45) is 10.8 Å². The second-order valence-corrected chi connectivity index (χ2v) is 2.93. The van der Waals surface area contributed by atoms with Crippen LogP contribution in [0.25, 0.3) is 0 Å². The number of carbonyl (C=O) groups is 1. The zero-order valence-corrected chi connectivity index (χ0v) is 8.45. The van der Waals surface area contributed by atoms with Gasteiger partial charge in [0.15, 0.2) is 5.11 Å². The molecule has 0 aliphatic carbocycles. The first-order valence-electron chi connectivity index (χ1n) is 2.82. The van der Waals surface area contributed by atoms with Crippen LogP contribution in [0.5, 0.6) is 0 Å². The average molecular weight is 242 g/mol. The van der Waals surface area contributed by atoms with Crippen molar-refractivity contribution in [1.82, 2.24) is 5.43 Å². The molecule has 0 unspecified atom stereocenters. The van der Waals surface area contributed by atoms with Crippen molar-refractivity contribution in [2.45, 2.75) is 0 Å². The summed E-state index contributed by atoms with van der Waals surface area (Å²) in [4.78, 5) is 10.2. The van der Waals surface area contributed by atoms with Gasteiger partial charge in [-0.15, -0.1) is 0 Å². The van der Waals surface area contributed by atoms with Gasteiger partial charge in [0.05, 0.1) is 11.2 Å². The third kappa shape index (κ3) is 5.40. The molecule has 0 aromatic heterocycles. The maximum Gasteiger partial charge on any atom is 0.348 e. The van der Waals surface area contributed by atoms with Crippen molar-refractivity contribution in [3.8, 4) is 0 Å². The Labute approximate surface area is 89.2 Å². The molecule has 0 aliphatic heterocycles. The van der Waals surface area contributed by atoms with E-state index in [0.717, 1.165) is 6.21 Å². The van der Waals surface area contributed by atoms with Crippen molar-refractivity contribution < 1.29 is 9.90 Å². The van der Waals surface area contributed by atoms with Gasteiger partial charge < -0.3 is 10.8 Å². The van der Waals surface area contributed by atoms with Gasteiger partial charge in [0.25, 0.3) is 0 Å². The van der Waals surface area contributed by atoms with E-state index in [1.807, 2.05) is 0 Å². The van der Waals surface area contributed by atoms with E-state index in [1.54, 1.807) is 0 Å². The monoisotopic (exact) mass is 241 g/mol. The fourth-order valence-electron chi connectivity index (χ4n) is 0.311. The van der Waals surface area contributed by atoms with E-state index in [2.05, 4.69) is 22.7 Å². The van der Waals surface area contributed by atoms with E-state index in [4.69, 9.17) is 34.0 Å². The Morgan fingerprint density at radius 1 is 1.62 bits per heavy atom. The number of allylic oxidation sites excluding steroid dienone is 1. The molecule has 0 spiro atoms. The summed E-state index contributed by atoms with van der Waals surface area (Å²) in [6.07, 6.45) is 0.983. The summed E-state index contributed by atoms with van der Waals surface area (Å²) in [7, 11) is 0. The molecule has 0 saturated carbocycles. The normalized spacial score (nSPS) is 12.5. The summed E-state index contributed by atoms with van der Waals surface area (Å²) in [5.41, 5.74) is 7.19. The van der Waals surface area contributed by atoms with E-state index in [-0.39, 0.29) is 10.1 Å². The summed E-state index contributed by atoms with van der Waals surface area (Å²) in [5, 5.41) is 10.9. The van der Waals surface area contributed by atoms with Gasteiger partial charge in [0.1, 0.15) is 5.03 Å². The first-order valence-corrected chi connectivity index (χ1v) is 3.98. The molecular weight excluding hydrogens is 237 g/mol. The van der Waals surface area contributed by atoms with Crippen LogP contribution >= 0.6 is 35.4 Å². The minimum Gasteiger partial charge on any atom is -0.477 e. The number of thiocarbonyl (C=S) groups is 1. The molecule has 4 N–H and O–H groups in total. The van der Waals surface area contributed by atoms with Crippen LogP contribution in [0, 0.1) is 0 Å². The summed E-state index contributed by atoms with van der Waals surface area (Å²) in [6.45, 7) is 0. The van der Waals surface area contributed by atoms with Crippen molar-refractivity contribution in [1.29, 1.82) is 0 Å². The maximum atomic E-state index is 10.2. The number of nitrogens with two attached hydrogens (primary N) is 1. The molecule has 5 nitrogen and oxygen atoms in total. The van der Waals surface area contributed by atoms with Gasteiger partial charge in [-0.1, -0.05) is 23.2 Å². The molecule has 0 saturated heterocycles. The number of hydrogen-bond acceptors (Lipinski definition) is 3. The lowest BCUT2D eigenvalue weighted by molar-refractivity contribution is -0.131. The molecule has 0 atom stereocenters. The summed E-state index contributed by atoms with van der Waals surface area (Å²) in [5.74, 6) is -1.34. The van der Waals surface area contributed by atoms with Crippen molar-refractivity contribution in [3.05, 3.63) is 10.1 Å². The van der Waals surface area contributed by atoms with Crippen LogP contribution in [-0.2, 0) is 4.79 Å². The topological polar surface area (TPSA) is 87.7 Å². The van der Waals surface area contributed by atoms with Crippen LogP contribution < -0.4 is 11.2 Å². The lowest BCUT2D eigenvalue weighted by Crippen LogP contribution is -2.24. The number of nitrogens with zero attached hydrogens (tertiary/aromatic N) is 1. The van der Waals surface area contributed by atoms with Crippen LogP contribution in [0.1, 0.15) is 0 Å². The Morgan fingerprint density at radius 2 is 2.15 bits per heavy atom. The molecule has 0 aliphatic rings. The average Bonchev–Trinajstić information content (AvgIpc) is 2.02. The summed E-state index contributed by atoms with van der Waals surface area (Å²) >= 11 is 15.1. The van der Waals surface area contributed by atoms with Crippen LogP contribution in [0.4, 0.5) is 0 Å². The number of aliphatic carboxylic acids is 1. The standard InChI is InChI=1S/C5H5Cl2N3O2S/c6-2(3(7)4(11)12)1-9-10-5(8)13/h1H,(H,11,12)(H3,8,10,13). The fraction of sp³-hybridized carbons (Fsp3) is 0. The number of nitrogens with one attached hydrogen (secondary N) is 1. The Balaban J connectivity index is 4.36. The molecule has 0 amide bonds. The highest BCUT2D eigenvalue weighted by molar-refractivity contribution is 7.80. The molecule has 13 heavy (non-hydrogen) atoms. The lowest BCUT2D eigenvalue weighted by Gasteiger charge is -1.94. The quantitative estimate of drug-likeness (QED) is 0.291. The number of carboxylic acid groups (broad SMARTS) is 1. The highest BCUT2D eigenvalue weighted by Crippen LogP contribution is 2.11. The number of hydrogen-bond donors (Lipinski definition) is 3. The minimum absolute atomic E-state index is 0.0628. The third-order valence-electron chi connectivity index (χ3n) is 0.750. The molecular formula is C5H5Cl2N3O2S. The smallest absolute Gasteiger partial charge is 0.348 e. The molecule has 0 radical (unpaired) electrons. The third-order valence-corrected chi connectivity index (χ3v) is 1.59. The van der Waals surface area contributed by atoms with Crippen molar-refractivity contribution >= 4 is 52.7 Å². The summed E-state index contributed by atoms with van der Waals surface area (Å²) in [6, 6.07) is 0. The first kappa shape index (κ1) is 12.2. The first-order chi connectivity index (χ1) is 5.95. The van der Waals surface area contributed by atoms with Gasteiger partial charge in [0.2, 0.25) is 0 Å². The Kier molecular flexibility index (Phi) is 5.36. The second-order valence-electron chi connectivity index (χ2n) is 1.70. The predicted molar refractivity (Wildman–Crippen MR) is 54.8 cm³/mol. The zero-order chi connectivity index (χ0) is 10.4. The molecule has 0 fully saturated rings. The Morgan fingerprint density at radius 3 is 2.54 bits per heavy atom. The number of halogens is 2. The van der Waals surface area contributed by atoms with Gasteiger partial charge in [-0.25, -0.2) is 4.79 Å². The van der Waals surface area contributed by atoms with E-state index in [9.17, 15) is 4.79 Å².